The van der Waals surface area contributed by atoms with Gasteiger partial charge in [-0.1, -0.05) is 0 Å². The van der Waals surface area contributed by atoms with Gasteiger partial charge in [-0.15, -0.1) is 0 Å². The SMILES string of the molecule is O=C(NCCC(=O)N1CCN(c2ccc([N+](=O)[O-])cc2)CC1)c1ccoc1. The van der Waals surface area contributed by atoms with Gasteiger partial charge in [0.25, 0.3) is 11.6 Å². The zero-order valence-electron chi connectivity index (χ0n) is 14.7. The molecule has 27 heavy (non-hydrogen) atoms. The van der Waals surface area contributed by atoms with Gasteiger partial charge in [-0.3, -0.25) is 19.7 Å². The van der Waals surface area contributed by atoms with Crippen molar-refractivity contribution in [1.82, 2.24) is 10.2 Å². The predicted molar refractivity (Wildman–Crippen MR) is 97.5 cm³/mol. The maximum absolute atomic E-state index is 12.3. The summed E-state index contributed by atoms with van der Waals surface area (Å²) in [4.78, 5) is 38.2. The first-order chi connectivity index (χ1) is 13.0. The highest BCUT2D eigenvalue weighted by molar-refractivity contribution is 5.94. The van der Waals surface area contributed by atoms with Crippen LogP contribution in [0.5, 0.6) is 0 Å². The first-order valence-corrected chi connectivity index (χ1v) is 8.62. The molecule has 0 aliphatic carbocycles. The minimum atomic E-state index is -0.425. The van der Waals surface area contributed by atoms with Gasteiger partial charge in [0, 0.05) is 57.0 Å². The number of benzene rings is 1. The lowest BCUT2D eigenvalue weighted by Crippen LogP contribution is -2.49. The Kier molecular flexibility index (Phi) is 5.70. The molecule has 142 valence electrons. The standard InChI is InChI=1S/C18H20N4O5/c23-17(5-7-19-18(24)14-6-12-27-13-14)21-10-8-20(9-11-21)15-1-3-16(4-2-15)22(25)26/h1-4,6,12-13H,5,7-11H2,(H,19,24). The van der Waals surface area contributed by atoms with Gasteiger partial charge in [-0.05, 0) is 18.2 Å². The van der Waals surface area contributed by atoms with Crippen LogP contribution >= 0.6 is 0 Å². The minimum absolute atomic E-state index is 0.00848. The fourth-order valence-electron chi connectivity index (χ4n) is 2.94. The number of nitrogens with one attached hydrogen (secondary N) is 1. The second-order valence-electron chi connectivity index (χ2n) is 6.16. The molecule has 9 nitrogen and oxygen atoms in total. The smallest absolute Gasteiger partial charge is 0.269 e. The minimum Gasteiger partial charge on any atom is -0.472 e. The van der Waals surface area contributed by atoms with E-state index in [2.05, 4.69) is 10.2 Å². The first-order valence-electron chi connectivity index (χ1n) is 8.62. The average molecular weight is 372 g/mol. The van der Waals surface area contributed by atoms with E-state index in [1.807, 2.05) is 0 Å². The molecule has 0 spiro atoms. The molecule has 3 rings (SSSR count). The summed E-state index contributed by atoms with van der Waals surface area (Å²) >= 11 is 0. The molecule has 0 atom stereocenters. The van der Waals surface area contributed by atoms with E-state index >= 15 is 0 Å². The van der Waals surface area contributed by atoms with Crippen molar-refractivity contribution in [2.75, 3.05) is 37.6 Å². The summed E-state index contributed by atoms with van der Waals surface area (Å²) in [7, 11) is 0. The number of furan rings is 1. The number of nitrogens with zero attached hydrogens (tertiary/aromatic N) is 3. The van der Waals surface area contributed by atoms with Gasteiger partial charge in [-0.2, -0.15) is 0 Å². The molecule has 0 bridgehead atoms. The van der Waals surface area contributed by atoms with E-state index in [0.717, 1.165) is 5.69 Å². The van der Waals surface area contributed by atoms with Gasteiger partial charge in [0.2, 0.25) is 5.91 Å². The maximum atomic E-state index is 12.3. The normalized spacial score (nSPS) is 14.1. The molecule has 2 amide bonds. The largest absolute Gasteiger partial charge is 0.472 e. The summed E-state index contributed by atoms with van der Waals surface area (Å²) < 4.78 is 4.85. The number of hydrogen-bond donors (Lipinski definition) is 1. The molecule has 1 aromatic heterocycles. The van der Waals surface area contributed by atoms with Crippen LogP contribution in [0.1, 0.15) is 16.8 Å². The molecule has 1 fully saturated rings. The lowest BCUT2D eigenvalue weighted by Gasteiger charge is -2.36. The molecule has 1 N–H and O–H groups in total. The molecule has 1 saturated heterocycles. The van der Waals surface area contributed by atoms with Crippen molar-refractivity contribution in [1.29, 1.82) is 0 Å². The molecule has 1 aliphatic heterocycles. The van der Waals surface area contributed by atoms with Gasteiger partial charge >= 0.3 is 0 Å². The van der Waals surface area contributed by atoms with Crippen LogP contribution < -0.4 is 10.2 Å². The Morgan fingerprint density at radius 2 is 1.81 bits per heavy atom. The number of amides is 2. The molecule has 1 aromatic carbocycles. The summed E-state index contributed by atoms with van der Waals surface area (Å²) in [5, 5.41) is 13.4. The van der Waals surface area contributed by atoms with Crippen molar-refractivity contribution < 1.29 is 18.9 Å². The van der Waals surface area contributed by atoms with E-state index in [4.69, 9.17) is 4.42 Å². The van der Waals surface area contributed by atoms with Crippen molar-refractivity contribution in [3.63, 3.8) is 0 Å². The van der Waals surface area contributed by atoms with Gasteiger partial charge in [0.1, 0.15) is 6.26 Å². The second-order valence-corrected chi connectivity index (χ2v) is 6.16. The number of carbonyl (C=O) groups excluding carboxylic acids is 2. The number of nitro groups is 1. The first kappa shape index (κ1) is 18.4. The van der Waals surface area contributed by atoms with Crippen LogP contribution in [0.25, 0.3) is 0 Å². The third-order valence-electron chi connectivity index (χ3n) is 4.47. The van der Waals surface area contributed by atoms with Crippen LogP contribution in [0.3, 0.4) is 0 Å². The van der Waals surface area contributed by atoms with Crippen LogP contribution in [0, 0.1) is 10.1 Å². The number of rotatable bonds is 6. The summed E-state index contributed by atoms with van der Waals surface area (Å²) in [6.07, 6.45) is 3.01. The fraction of sp³-hybridized carbons (Fsp3) is 0.333. The lowest BCUT2D eigenvalue weighted by atomic mass is 10.2. The molecule has 2 aromatic rings. The lowest BCUT2D eigenvalue weighted by molar-refractivity contribution is -0.384. The fourth-order valence-corrected chi connectivity index (χ4v) is 2.94. The van der Waals surface area contributed by atoms with Gasteiger partial charge in [-0.25, -0.2) is 0 Å². The van der Waals surface area contributed by atoms with E-state index in [-0.39, 0.29) is 30.5 Å². The Morgan fingerprint density at radius 1 is 1.11 bits per heavy atom. The Labute approximate surface area is 155 Å². The van der Waals surface area contributed by atoms with Crippen molar-refractivity contribution >= 4 is 23.2 Å². The molecule has 9 heteroatoms. The second kappa shape index (κ2) is 8.35. The maximum Gasteiger partial charge on any atom is 0.269 e. The van der Waals surface area contributed by atoms with Crippen LogP contribution in [0.4, 0.5) is 11.4 Å². The molecule has 0 saturated carbocycles. The van der Waals surface area contributed by atoms with Crippen LogP contribution in [0.2, 0.25) is 0 Å². The van der Waals surface area contributed by atoms with Crippen molar-refractivity contribution in [2.45, 2.75) is 6.42 Å². The third-order valence-corrected chi connectivity index (χ3v) is 4.47. The van der Waals surface area contributed by atoms with Crippen LogP contribution in [-0.4, -0.2) is 54.4 Å². The Bertz CT molecular complexity index is 796. The number of piperazine rings is 1. The Hall–Kier alpha value is -3.36. The van der Waals surface area contributed by atoms with E-state index in [9.17, 15) is 19.7 Å². The average Bonchev–Trinajstić information content (AvgIpc) is 3.23. The van der Waals surface area contributed by atoms with E-state index in [1.165, 1.54) is 24.7 Å². The molecule has 0 unspecified atom stereocenters. The number of anilines is 1. The van der Waals surface area contributed by atoms with E-state index in [1.54, 1.807) is 23.1 Å². The number of non-ortho nitro benzene ring substituents is 1. The molecular formula is C18H20N4O5. The third kappa shape index (κ3) is 4.63. The number of carbonyl (C=O) groups is 2. The summed E-state index contributed by atoms with van der Waals surface area (Å²) in [5.74, 6) is -0.273. The van der Waals surface area contributed by atoms with E-state index in [0.29, 0.717) is 31.7 Å². The number of hydrogen-bond acceptors (Lipinski definition) is 6. The topological polar surface area (TPSA) is 109 Å². The highest BCUT2D eigenvalue weighted by Gasteiger charge is 2.21. The van der Waals surface area contributed by atoms with Gasteiger partial charge in [0.05, 0.1) is 16.7 Å². The zero-order chi connectivity index (χ0) is 19.2. The number of nitro benzene ring substituents is 1. The van der Waals surface area contributed by atoms with Crippen molar-refractivity contribution in [3.05, 3.63) is 58.5 Å². The quantitative estimate of drug-likeness (QED) is 0.610. The Morgan fingerprint density at radius 3 is 2.41 bits per heavy atom. The summed E-state index contributed by atoms with van der Waals surface area (Å²) in [6.45, 7) is 2.73. The van der Waals surface area contributed by atoms with Crippen molar-refractivity contribution in [3.8, 4) is 0 Å². The predicted octanol–water partition coefficient (Wildman–Crippen LogP) is 1.66. The summed E-state index contributed by atoms with van der Waals surface area (Å²) in [6, 6.07) is 7.97. The molecule has 2 heterocycles. The Balaban J connectivity index is 1.42. The molecular weight excluding hydrogens is 352 g/mol. The van der Waals surface area contributed by atoms with Gasteiger partial charge < -0.3 is 19.5 Å². The van der Waals surface area contributed by atoms with Gasteiger partial charge in [0.15, 0.2) is 0 Å². The zero-order valence-corrected chi connectivity index (χ0v) is 14.7. The molecule has 1 aliphatic rings. The summed E-state index contributed by atoms with van der Waals surface area (Å²) in [5.41, 5.74) is 1.39. The monoisotopic (exact) mass is 372 g/mol. The molecule has 0 radical (unpaired) electrons. The van der Waals surface area contributed by atoms with Crippen LogP contribution in [-0.2, 0) is 4.79 Å². The van der Waals surface area contributed by atoms with Crippen molar-refractivity contribution in [2.24, 2.45) is 0 Å². The highest BCUT2D eigenvalue weighted by Crippen LogP contribution is 2.20. The van der Waals surface area contributed by atoms with Crippen LogP contribution in [0.15, 0.2) is 47.3 Å². The van der Waals surface area contributed by atoms with E-state index < -0.39 is 4.92 Å². The highest BCUT2D eigenvalue weighted by atomic mass is 16.6.